The fourth-order valence-corrected chi connectivity index (χ4v) is 0.945. The lowest BCUT2D eigenvalue weighted by Crippen LogP contribution is -2.34. The number of aliphatic hydroxyl groups excluding tert-OH is 1. The Morgan fingerprint density at radius 3 is 2.17 bits per heavy atom. The molecule has 12 heavy (non-hydrogen) atoms. The Bertz CT molecular complexity index is 104. The van der Waals surface area contributed by atoms with E-state index in [-0.39, 0.29) is 0 Å². The molecule has 0 spiro atoms. The molecule has 0 saturated heterocycles. The number of aliphatic hydroxyl groups is 1. The Labute approximate surface area is 76.4 Å². The zero-order valence-electron chi connectivity index (χ0n) is 8.80. The van der Waals surface area contributed by atoms with Crippen LogP contribution in [0.4, 0.5) is 0 Å². The molecule has 0 aliphatic carbocycles. The van der Waals surface area contributed by atoms with Gasteiger partial charge in [-0.25, -0.2) is 0 Å². The number of hydrogen-bond donors (Lipinski definition) is 2. The monoisotopic (exact) mass is 173 g/mol. The van der Waals surface area contributed by atoms with Crippen LogP contribution in [0.15, 0.2) is 0 Å². The molecule has 0 amide bonds. The largest absolute Gasteiger partial charge is 0.396 e. The van der Waals surface area contributed by atoms with E-state index in [1.165, 1.54) is 0 Å². The molecule has 0 rings (SSSR count). The molecular formula is C10H23NO. The highest BCUT2D eigenvalue weighted by Gasteiger charge is 2.07. The lowest BCUT2D eigenvalue weighted by molar-refractivity contribution is 0.255. The van der Waals surface area contributed by atoms with E-state index in [0.717, 1.165) is 13.0 Å². The molecular weight excluding hydrogens is 150 g/mol. The summed E-state index contributed by atoms with van der Waals surface area (Å²) < 4.78 is 0. The Morgan fingerprint density at radius 1 is 1.17 bits per heavy atom. The van der Waals surface area contributed by atoms with Gasteiger partial charge in [0.1, 0.15) is 0 Å². The van der Waals surface area contributed by atoms with Crippen LogP contribution in [0.25, 0.3) is 0 Å². The SMILES string of the molecule is CC(CCO)CNC(C)C(C)C. The molecule has 2 atom stereocenters. The number of rotatable bonds is 6. The Hall–Kier alpha value is -0.0800. The van der Waals surface area contributed by atoms with Crippen molar-refractivity contribution < 1.29 is 5.11 Å². The van der Waals surface area contributed by atoms with E-state index in [2.05, 4.69) is 33.0 Å². The second kappa shape index (κ2) is 6.44. The molecule has 2 nitrogen and oxygen atoms in total. The van der Waals surface area contributed by atoms with Crippen LogP contribution in [0.5, 0.6) is 0 Å². The van der Waals surface area contributed by atoms with Gasteiger partial charge in [0, 0.05) is 12.6 Å². The molecule has 2 heteroatoms. The molecule has 0 aromatic carbocycles. The summed E-state index contributed by atoms with van der Waals surface area (Å²) in [6.45, 7) is 10.1. The van der Waals surface area contributed by atoms with Crippen molar-refractivity contribution in [2.75, 3.05) is 13.2 Å². The minimum absolute atomic E-state index is 0.304. The zero-order valence-corrected chi connectivity index (χ0v) is 8.80. The van der Waals surface area contributed by atoms with Crippen LogP contribution in [0.3, 0.4) is 0 Å². The molecule has 0 aliphatic rings. The Kier molecular flexibility index (Phi) is 6.39. The van der Waals surface area contributed by atoms with Gasteiger partial charge in [0.15, 0.2) is 0 Å². The predicted molar refractivity (Wildman–Crippen MR) is 53.2 cm³/mol. The Morgan fingerprint density at radius 2 is 1.75 bits per heavy atom. The third-order valence-electron chi connectivity index (χ3n) is 2.41. The van der Waals surface area contributed by atoms with Gasteiger partial charge in [0.25, 0.3) is 0 Å². The van der Waals surface area contributed by atoms with Crippen molar-refractivity contribution in [3.05, 3.63) is 0 Å². The average Bonchev–Trinajstić information content (AvgIpc) is 2.00. The van der Waals surface area contributed by atoms with Crippen LogP contribution in [0, 0.1) is 11.8 Å². The van der Waals surface area contributed by atoms with Gasteiger partial charge in [-0.15, -0.1) is 0 Å². The van der Waals surface area contributed by atoms with Gasteiger partial charge >= 0.3 is 0 Å². The van der Waals surface area contributed by atoms with Crippen molar-refractivity contribution in [3.63, 3.8) is 0 Å². The minimum atomic E-state index is 0.304. The lowest BCUT2D eigenvalue weighted by atomic mass is 10.0. The van der Waals surface area contributed by atoms with E-state index in [1.807, 2.05) is 0 Å². The van der Waals surface area contributed by atoms with Gasteiger partial charge in [-0.3, -0.25) is 0 Å². The van der Waals surface area contributed by atoms with Crippen LogP contribution in [0.2, 0.25) is 0 Å². The van der Waals surface area contributed by atoms with E-state index in [4.69, 9.17) is 5.11 Å². The highest BCUT2D eigenvalue weighted by Crippen LogP contribution is 2.03. The molecule has 0 aromatic rings. The molecule has 0 fully saturated rings. The number of hydrogen-bond acceptors (Lipinski definition) is 2. The third kappa shape index (κ3) is 5.56. The molecule has 0 bridgehead atoms. The summed E-state index contributed by atoms with van der Waals surface area (Å²) in [6, 6.07) is 0.575. The van der Waals surface area contributed by atoms with Crippen LogP contribution in [0.1, 0.15) is 34.1 Å². The van der Waals surface area contributed by atoms with E-state index in [1.54, 1.807) is 0 Å². The maximum atomic E-state index is 8.68. The highest BCUT2D eigenvalue weighted by molar-refractivity contribution is 4.66. The Balaban J connectivity index is 3.40. The molecule has 74 valence electrons. The van der Waals surface area contributed by atoms with Crippen LogP contribution in [-0.4, -0.2) is 24.3 Å². The van der Waals surface area contributed by atoms with E-state index in [0.29, 0.717) is 24.5 Å². The van der Waals surface area contributed by atoms with Crippen LogP contribution in [-0.2, 0) is 0 Å². The molecule has 2 unspecified atom stereocenters. The maximum Gasteiger partial charge on any atom is 0.0434 e. The summed E-state index contributed by atoms with van der Waals surface area (Å²) in [4.78, 5) is 0. The van der Waals surface area contributed by atoms with Gasteiger partial charge in [-0.1, -0.05) is 20.8 Å². The molecule has 0 aromatic heterocycles. The van der Waals surface area contributed by atoms with Crippen molar-refractivity contribution in [2.45, 2.75) is 40.2 Å². The molecule has 2 N–H and O–H groups in total. The fraction of sp³-hybridized carbons (Fsp3) is 1.00. The number of nitrogens with one attached hydrogen (secondary N) is 1. The fourth-order valence-electron chi connectivity index (χ4n) is 0.945. The van der Waals surface area contributed by atoms with Crippen molar-refractivity contribution in [1.82, 2.24) is 5.32 Å². The van der Waals surface area contributed by atoms with Crippen molar-refractivity contribution >= 4 is 0 Å². The first-order chi connectivity index (χ1) is 5.57. The van der Waals surface area contributed by atoms with Crippen LogP contribution < -0.4 is 5.32 Å². The standard InChI is InChI=1S/C10H23NO/c1-8(2)10(4)11-7-9(3)5-6-12/h8-12H,5-7H2,1-4H3. The quantitative estimate of drug-likeness (QED) is 0.640. The minimum Gasteiger partial charge on any atom is -0.396 e. The summed E-state index contributed by atoms with van der Waals surface area (Å²) >= 11 is 0. The predicted octanol–water partition coefficient (Wildman–Crippen LogP) is 1.64. The van der Waals surface area contributed by atoms with Gasteiger partial charge in [-0.2, -0.15) is 0 Å². The van der Waals surface area contributed by atoms with Gasteiger partial charge in [-0.05, 0) is 31.7 Å². The van der Waals surface area contributed by atoms with E-state index in [9.17, 15) is 0 Å². The maximum absolute atomic E-state index is 8.68. The van der Waals surface area contributed by atoms with E-state index >= 15 is 0 Å². The summed E-state index contributed by atoms with van der Waals surface area (Å²) in [5, 5.41) is 12.1. The molecule has 0 heterocycles. The second-order valence-electron chi connectivity index (χ2n) is 4.06. The normalized spacial score (nSPS) is 16.5. The summed E-state index contributed by atoms with van der Waals surface area (Å²) in [5.41, 5.74) is 0. The van der Waals surface area contributed by atoms with Crippen molar-refractivity contribution in [1.29, 1.82) is 0 Å². The highest BCUT2D eigenvalue weighted by atomic mass is 16.3. The van der Waals surface area contributed by atoms with Gasteiger partial charge < -0.3 is 10.4 Å². The average molecular weight is 173 g/mol. The molecule has 0 radical (unpaired) electrons. The summed E-state index contributed by atoms with van der Waals surface area (Å²) in [5.74, 6) is 1.27. The smallest absolute Gasteiger partial charge is 0.0434 e. The first-order valence-corrected chi connectivity index (χ1v) is 4.92. The van der Waals surface area contributed by atoms with Crippen LogP contribution >= 0.6 is 0 Å². The first kappa shape index (κ1) is 11.9. The summed E-state index contributed by atoms with van der Waals surface area (Å²) in [6.07, 6.45) is 0.901. The molecule has 0 saturated carbocycles. The second-order valence-corrected chi connectivity index (χ2v) is 4.06. The zero-order chi connectivity index (χ0) is 9.56. The first-order valence-electron chi connectivity index (χ1n) is 4.92. The summed E-state index contributed by atoms with van der Waals surface area (Å²) in [7, 11) is 0. The van der Waals surface area contributed by atoms with Gasteiger partial charge in [0.05, 0.1) is 0 Å². The topological polar surface area (TPSA) is 32.3 Å². The lowest BCUT2D eigenvalue weighted by Gasteiger charge is -2.19. The van der Waals surface area contributed by atoms with Gasteiger partial charge in [0.2, 0.25) is 0 Å². The van der Waals surface area contributed by atoms with Crippen molar-refractivity contribution in [3.8, 4) is 0 Å². The van der Waals surface area contributed by atoms with E-state index < -0.39 is 0 Å². The third-order valence-corrected chi connectivity index (χ3v) is 2.41. The molecule has 0 aliphatic heterocycles. The van der Waals surface area contributed by atoms with Crippen molar-refractivity contribution in [2.24, 2.45) is 11.8 Å².